The third-order valence-corrected chi connectivity index (χ3v) is 5.42. The number of hydrogen-bond acceptors (Lipinski definition) is 4. The van der Waals surface area contributed by atoms with Gasteiger partial charge in [0.25, 0.3) is 0 Å². The topological polar surface area (TPSA) is 64.3 Å². The summed E-state index contributed by atoms with van der Waals surface area (Å²) in [6.07, 6.45) is 4.59. The maximum atomic E-state index is 11.0. The Bertz CT molecular complexity index is 934. The predicted octanol–water partition coefficient (Wildman–Crippen LogP) is 4.63. The molecule has 1 N–H and O–H groups in total. The van der Waals surface area contributed by atoms with Gasteiger partial charge in [-0.3, -0.25) is 9.48 Å². The first kappa shape index (κ1) is 16.2. The van der Waals surface area contributed by atoms with Crippen LogP contribution in [0.5, 0.6) is 11.5 Å². The number of nitrogens with zero attached hydrogens (tertiary/aromatic N) is 2. The van der Waals surface area contributed by atoms with Crippen molar-refractivity contribution in [1.82, 2.24) is 9.78 Å². The second-order valence-corrected chi connectivity index (χ2v) is 7.22. The van der Waals surface area contributed by atoms with Crippen LogP contribution in [0.15, 0.2) is 35.8 Å². The molecule has 2 heterocycles. The summed E-state index contributed by atoms with van der Waals surface area (Å²) in [6.45, 7) is -0.208. The van der Waals surface area contributed by atoms with Gasteiger partial charge < -0.3 is 9.84 Å². The van der Waals surface area contributed by atoms with Crippen LogP contribution in [0.1, 0.15) is 17.5 Å². The second-order valence-electron chi connectivity index (χ2n) is 5.87. The zero-order valence-electron chi connectivity index (χ0n) is 13.2. The standard InChI is InChI=1S/C18H15ClN2O3S/c19-13-6-7-14(12-4-1-3-11(12)13)24-15-9-21(10-17(22)23)20-18(15)16-5-2-8-25-16/h2,5-9H,1,3-4,10H2,(H,22,23). The lowest BCUT2D eigenvalue weighted by Gasteiger charge is -2.11. The van der Waals surface area contributed by atoms with Crippen LogP contribution in [-0.2, 0) is 24.2 Å². The molecule has 0 saturated heterocycles. The van der Waals surface area contributed by atoms with Gasteiger partial charge in [-0.2, -0.15) is 5.10 Å². The van der Waals surface area contributed by atoms with Gasteiger partial charge in [-0.1, -0.05) is 17.7 Å². The quantitative estimate of drug-likeness (QED) is 0.707. The van der Waals surface area contributed by atoms with Crippen molar-refractivity contribution in [2.45, 2.75) is 25.8 Å². The molecule has 0 bridgehead atoms. The molecule has 0 aliphatic heterocycles. The Morgan fingerprint density at radius 3 is 2.88 bits per heavy atom. The number of halogens is 1. The summed E-state index contributed by atoms with van der Waals surface area (Å²) in [5.74, 6) is 0.379. The van der Waals surface area contributed by atoms with E-state index in [1.165, 1.54) is 16.0 Å². The molecule has 0 atom stereocenters. The number of carboxylic acids is 1. The van der Waals surface area contributed by atoms with Crippen LogP contribution in [-0.4, -0.2) is 20.9 Å². The first-order chi connectivity index (χ1) is 12.1. The molecule has 0 fully saturated rings. The highest BCUT2D eigenvalue weighted by Crippen LogP contribution is 2.40. The van der Waals surface area contributed by atoms with Crippen molar-refractivity contribution in [3.05, 3.63) is 52.0 Å². The van der Waals surface area contributed by atoms with Crippen molar-refractivity contribution >= 4 is 28.9 Å². The molecule has 3 aromatic rings. The summed E-state index contributed by atoms with van der Waals surface area (Å²) >= 11 is 7.82. The fraction of sp³-hybridized carbons (Fsp3) is 0.222. The maximum Gasteiger partial charge on any atom is 0.325 e. The largest absolute Gasteiger partial charge is 0.480 e. The summed E-state index contributed by atoms with van der Waals surface area (Å²) in [7, 11) is 0. The highest BCUT2D eigenvalue weighted by Gasteiger charge is 2.22. The van der Waals surface area contributed by atoms with E-state index in [0.29, 0.717) is 11.4 Å². The van der Waals surface area contributed by atoms with Crippen LogP contribution in [0.2, 0.25) is 5.02 Å². The van der Waals surface area contributed by atoms with Crippen LogP contribution in [0.3, 0.4) is 0 Å². The van der Waals surface area contributed by atoms with Gasteiger partial charge in [-0.15, -0.1) is 11.3 Å². The minimum atomic E-state index is -0.945. The highest BCUT2D eigenvalue weighted by atomic mass is 35.5. The first-order valence-electron chi connectivity index (χ1n) is 7.93. The van der Waals surface area contributed by atoms with Crippen molar-refractivity contribution in [2.24, 2.45) is 0 Å². The fourth-order valence-electron chi connectivity index (χ4n) is 3.12. The van der Waals surface area contributed by atoms with E-state index in [1.807, 2.05) is 29.6 Å². The number of fused-ring (bicyclic) bond motifs is 1. The molecule has 4 rings (SSSR count). The molecule has 25 heavy (non-hydrogen) atoms. The molecule has 0 saturated carbocycles. The Hall–Kier alpha value is -2.31. The summed E-state index contributed by atoms with van der Waals surface area (Å²) in [4.78, 5) is 11.9. The van der Waals surface area contributed by atoms with Crippen LogP contribution in [0.25, 0.3) is 10.6 Å². The van der Waals surface area contributed by atoms with E-state index in [4.69, 9.17) is 21.4 Å². The summed E-state index contributed by atoms with van der Waals surface area (Å²) in [5.41, 5.74) is 2.93. The number of rotatable bonds is 5. The lowest BCUT2D eigenvalue weighted by molar-refractivity contribution is -0.137. The lowest BCUT2D eigenvalue weighted by Crippen LogP contribution is -2.08. The van der Waals surface area contributed by atoms with E-state index < -0.39 is 5.97 Å². The minimum Gasteiger partial charge on any atom is -0.480 e. The normalized spacial score (nSPS) is 13.0. The van der Waals surface area contributed by atoms with E-state index in [-0.39, 0.29) is 6.54 Å². The maximum absolute atomic E-state index is 11.0. The number of carbonyl (C=O) groups is 1. The van der Waals surface area contributed by atoms with E-state index in [2.05, 4.69) is 5.10 Å². The average molecular weight is 375 g/mol. The fourth-order valence-corrected chi connectivity index (χ4v) is 4.11. The Labute approximate surface area is 153 Å². The van der Waals surface area contributed by atoms with E-state index in [1.54, 1.807) is 6.20 Å². The molecule has 1 aliphatic rings. The third-order valence-electron chi connectivity index (χ3n) is 4.18. The molecule has 0 amide bonds. The third kappa shape index (κ3) is 3.15. The Morgan fingerprint density at radius 2 is 2.12 bits per heavy atom. The Balaban J connectivity index is 1.74. The number of aromatic nitrogens is 2. The number of thiophene rings is 1. The molecule has 7 heteroatoms. The van der Waals surface area contributed by atoms with Gasteiger partial charge in [0, 0.05) is 5.02 Å². The van der Waals surface area contributed by atoms with Crippen molar-refractivity contribution in [3.8, 4) is 22.1 Å². The Morgan fingerprint density at radius 1 is 1.28 bits per heavy atom. The highest BCUT2D eigenvalue weighted by molar-refractivity contribution is 7.13. The molecule has 2 aromatic heterocycles. The molecule has 0 radical (unpaired) electrons. The molecule has 1 aliphatic carbocycles. The zero-order chi connectivity index (χ0) is 17.4. The van der Waals surface area contributed by atoms with E-state index in [0.717, 1.165) is 46.0 Å². The lowest BCUT2D eigenvalue weighted by atomic mass is 10.1. The Kier molecular flexibility index (Phi) is 4.23. The monoisotopic (exact) mass is 374 g/mol. The van der Waals surface area contributed by atoms with Crippen molar-refractivity contribution < 1.29 is 14.6 Å². The number of carboxylic acid groups (broad SMARTS) is 1. The number of ether oxygens (including phenoxy) is 1. The average Bonchev–Trinajstić information content (AvgIpc) is 3.29. The van der Waals surface area contributed by atoms with Gasteiger partial charge in [-0.05, 0) is 54.0 Å². The van der Waals surface area contributed by atoms with Crippen LogP contribution in [0, 0.1) is 0 Å². The summed E-state index contributed by atoms with van der Waals surface area (Å²) in [6, 6.07) is 7.60. The van der Waals surface area contributed by atoms with Gasteiger partial charge in [-0.25, -0.2) is 0 Å². The number of aliphatic carboxylic acids is 1. The number of hydrogen-bond donors (Lipinski definition) is 1. The number of benzene rings is 1. The molecular weight excluding hydrogens is 360 g/mol. The van der Waals surface area contributed by atoms with Crippen LogP contribution < -0.4 is 4.74 Å². The minimum absolute atomic E-state index is 0.208. The van der Waals surface area contributed by atoms with E-state index in [9.17, 15) is 4.79 Å². The summed E-state index contributed by atoms with van der Waals surface area (Å²) < 4.78 is 7.56. The van der Waals surface area contributed by atoms with Gasteiger partial charge in [0.2, 0.25) is 0 Å². The molecule has 128 valence electrons. The van der Waals surface area contributed by atoms with Crippen molar-refractivity contribution in [1.29, 1.82) is 0 Å². The first-order valence-corrected chi connectivity index (χ1v) is 9.19. The van der Waals surface area contributed by atoms with Crippen molar-refractivity contribution in [3.63, 3.8) is 0 Å². The molecular formula is C18H15ClN2O3S. The van der Waals surface area contributed by atoms with Crippen LogP contribution >= 0.6 is 22.9 Å². The smallest absolute Gasteiger partial charge is 0.325 e. The van der Waals surface area contributed by atoms with Gasteiger partial charge in [0.1, 0.15) is 18.0 Å². The SMILES string of the molecule is O=C(O)Cn1cc(Oc2ccc(Cl)c3c2CCC3)c(-c2cccs2)n1. The molecule has 0 spiro atoms. The predicted molar refractivity (Wildman–Crippen MR) is 96.7 cm³/mol. The summed E-state index contributed by atoms with van der Waals surface area (Å²) in [5, 5.41) is 16.2. The molecule has 0 unspecified atom stereocenters. The van der Waals surface area contributed by atoms with E-state index >= 15 is 0 Å². The molecule has 1 aromatic carbocycles. The van der Waals surface area contributed by atoms with Gasteiger partial charge in [0.15, 0.2) is 5.75 Å². The second kappa shape index (κ2) is 6.54. The zero-order valence-corrected chi connectivity index (χ0v) is 14.8. The molecule has 5 nitrogen and oxygen atoms in total. The van der Waals surface area contributed by atoms with Crippen LogP contribution in [0.4, 0.5) is 0 Å². The van der Waals surface area contributed by atoms with Gasteiger partial charge in [0.05, 0.1) is 11.1 Å². The van der Waals surface area contributed by atoms with Crippen molar-refractivity contribution in [2.75, 3.05) is 0 Å². The van der Waals surface area contributed by atoms with Gasteiger partial charge >= 0.3 is 5.97 Å².